The molecule has 32 valence electrons. The van der Waals surface area contributed by atoms with Gasteiger partial charge in [-0.05, 0) is 0 Å². The van der Waals surface area contributed by atoms with Crippen LogP contribution in [0.25, 0.3) is 0 Å². The first-order valence-corrected chi connectivity index (χ1v) is 2.40. The molecule has 0 saturated carbocycles. The van der Waals surface area contributed by atoms with Crippen molar-refractivity contribution in [2.75, 3.05) is 7.05 Å². The van der Waals surface area contributed by atoms with Crippen LogP contribution in [0.3, 0.4) is 0 Å². The summed E-state index contributed by atoms with van der Waals surface area (Å²) in [4.78, 5) is 3.41. The van der Waals surface area contributed by atoms with Crippen LogP contribution >= 0.6 is 8.00 Å². The molecule has 0 aromatic carbocycles. The van der Waals surface area contributed by atoms with E-state index in [-0.39, 0.29) is 0 Å². The second-order valence-corrected chi connectivity index (χ2v) is 0.982. The Hall–Kier alpha value is -0.300. The van der Waals surface area contributed by atoms with Gasteiger partial charge in [-0.25, -0.2) is 0 Å². The molecule has 0 aromatic rings. The van der Waals surface area contributed by atoms with Gasteiger partial charge in [0.25, 0.3) is 0 Å². The summed E-state index contributed by atoms with van der Waals surface area (Å²) in [5, 5.41) is 6.60. The van der Waals surface area contributed by atoms with Gasteiger partial charge in [-0.1, -0.05) is 0 Å². The molecule has 0 rings (SSSR count). The molecule has 0 unspecified atom stereocenters. The fourth-order valence-electron chi connectivity index (χ4n) is 0.0683. The molecule has 6 heavy (non-hydrogen) atoms. The van der Waals surface area contributed by atoms with Crippen LogP contribution in [-0.2, 0) is 0 Å². The number of hydrogen-bond acceptors (Lipinski definition) is 1. The minimum atomic E-state index is 0.660. The van der Waals surface area contributed by atoms with Crippen LogP contribution in [0.5, 0.6) is 0 Å². The molecule has 0 aliphatic rings. The quantitative estimate of drug-likeness (QED) is 0.273. The molecule has 0 spiro atoms. The van der Waals surface area contributed by atoms with E-state index in [1.165, 1.54) is 0 Å². The average Bonchev–Trinajstić information content (AvgIpc) is 1.61. The van der Waals surface area contributed by atoms with Gasteiger partial charge < -0.3 is 0 Å². The molecule has 0 amide bonds. The van der Waals surface area contributed by atoms with E-state index in [0.29, 0.717) is 8.00 Å². The predicted molar refractivity (Wildman–Crippen MR) is 27.2 cm³/mol. The second kappa shape index (κ2) is 4.70. The summed E-state index contributed by atoms with van der Waals surface area (Å²) in [7, 11) is 2.22. The monoisotopic (exact) mass is 102 g/mol. The third-order valence-electron chi connectivity index (χ3n) is 0.193. The van der Waals surface area contributed by atoms with E-state index in [0.717, 1.165) is 0 Å². The fourth-order valence-corrected chi connectivity index (χ4v) is 0.205. The van der Waals surface area contributed by atoms with Gasteiger partial charge in [0.1, 0.15) is 0 Å². The Balaban J connectivity index is 3.33. The Kier molecular flexibility index (Phi) is 4.46. The molecule has 0 aliphatic heterocycles. The van der Waals surface area contributed by atoms with Crippen LogP contribution in [-0.4, -0.2) is 13.3 Å². The van der Waals surface area contributed by atoms with Crippen LogP contribution in [0.1, 0.15) is 0 Å². The Morgan fingerprint density at radius 1 is 1.67 bits per heavy atom. The van der Waals surface area contributed by atoms with Gasteiger partial charge in [-0.2, -0.15) is 0 Å². The van der Waals surface area contributed by atoms with Crippen molar-refractivity contribution in [2.45, 2.75) is 0 Å². The van der Waals surface area contributed by atoms with Crippen molar-refractivity contribution in [1.29, 1.82) is 0 Å². The topological polar surface area (TPSA) is 37.1 Å². The zero-order chi connectivity index (χ0) is 4.83. The van der Waals surface area contributed by atoms with Crippen molar-refractivity contribution >= 4 is 14.3 Å². The maximum atomic E-state index is 3.41. The van der Waals surface area contributed by atoms with Gasteiger partial charge in [0.15, 0.2) is 0 Å². The SMILES string of the molecule is C=[P+]=NN=NC. The first-order chi connectivity index (χ1) is 2.91. The molecule has 0 atom stereocenters. The van der Waals surface area contributed by atoms with Gasteiger partial charge in [0, 0.05) is 0 Å². The number of rotatable bonds is 1. The van der Waals surface area contributed by atoms with E-state index in [9.17, 15) is 0 Å². The van der Waals surface area contributed by atoms with Crippen LogP contribution in [0.15, 0.2) is 15.2 Å². The van der Waals surface area contributed by atoms with Crippen LogP contribution < -0.4 is 0 Å². The fraction of sp³-hybridized carbons (Fsp3) is 0.500. The molecule has 0 N–H and O–H groups in total. The van der Waals surface area contributed by atoms with E-state index >= 15 is 0 Å². The van der Waals surface area contributed by atoms with Crippen molar-refractivity contribution in [1.82, 2.24) is 0 Å². The van der Waals surface area contributed by atoms with Crippen molar-refractivity contribution in [2.24, 2.45) is 15.2 Å². The molecule has 0 fully saturated rings. The standard InChI is InChI=1S/C2H5N3P/c1-3-4-5-6-2/h2H2,1H3/q+1. The third-order valence-corrected chi connectivity index (χ3v) is 0.399. The Morgan fingerprint density at radius 3 is 2.50 bits per heavy atom. The minimum absolute atomic E-state index is 0.660. The second-order valence-electron chi connectivity index (χ2n) is 0.520. The van der Waals surface area contributed by atoms with Crippen LogP contribution in [0.4, 0.5) is 0 Å². The van der Waals surface area contributed by atoms with Crippen molar-refractivity contribution in [3.63, 3.8) is 0 Å². The van der Waals surface area contributed by atoms with Crippen molar-refractivity contribution < 1.29 is 0 Å². The summed E-state index contributed by atoms with van der Waals surface area (Å²) >= 11 is 0. The molecular formula is C2H5N3P+. The molecule has 3 nitrogen and oxygen atoms in total. The zero-order valence-corrected chi connectivity index (χ0v) is 4.39. The van der Waals surface area contributed by atoms with E-state index in [1.807, 2.05) is 0 Å². The van der Waals surface area contributed by atoms with E-state index < -0.39 is 0 Å². The molecule has 4 heteroatoms. The van der Waals surface area contributed by atoms with E-state index in [4.69, 9.17) is 0 Å². The molecule has 0 radical (unpaired) electrons. The predicted octanol–water partition coefficient (Wildman–Crippen LogP) is 1.55. The molecule has 0 saturated heterocycles. The summed E-state index contributed by atoms with van der Waals surface area (Å²) in [5.74, 6) is 0. The molecule has 0 heterocycles. The van der Waals surface area contributed by atoms with Crippen LogP contribution in [0, 0.1) is 0 Å². The van der Waals surface area contributed by atoms with E-state index in [1.54, 1.807) is 7.05 Å². The molecule has 0 bridgehead atoms. The van der Waals surface area contributed by atoms with Gasteiger partial charge in [0.2, 0.25) is 0 Å². The van der Waals surface area contributed by atoms with Crippen molar-refractivity contribution in [3.05, 3.63) is 0 Å². The van der Waals surface area contributed by atoms with Crippen molar-refractivity contribution in [3.8, 4) is 0 Å². The summed E-state index contributed by atoms with van der Waals surface area (Å²) in [6.07, 6.45) is 3.38. The Bertz CT molecular complexity index is 91.0. The Labute approximate surface area is 37.6 Å². The zero-order valence-electron chi connectivity index (χ0n) is 3.50. The van der Waals surface area contributed by atoms with Gasteiger partial charge in [0.05, 0.1) is 0 Å². The van der Waals surface area contributed by atoms with Gasteiger partial charge >= 0.3 is 36.5 Å². The molecule has 0 aliphatic carbocycles. The summed E-state index contributed by atoms with van der Waals surface area (Å²) in [6, 6.07) is 0. The molecular weight excluding hydrogens is 97.0 g/mol. The molecule has 0 aromatic heterocycles. The van der Waals surface area contributed by atoms with Crippen LogP contribution in [0.2, 0.25) is 0 Å². The summed E-state index contributed by atoms with van der Waals surface area (Å²) in [5.41, 5.74) is 0. The number of hydrogen-bond donors (Lipinski definition) is 0. The van der Waals surface area contributed by atoms with E-state index in [2.05, 4.69) is 21.5 Å². The Morgan fingerprint density at radius 2 is 2.33 bits per heavy atom. The van der Waals surface area contributed by atoms with Gasteiger partial charge in [-0.15, -0.1) is 0 Å². The van der Waals surface area contributed by atoms with Gasteiger partial charge in [-0.3, -0.25) is 0 Å². The third kappa shape index (κ3) is 3.70. The number of nitrogens with zero attached hydrogens (tertiary/aromatic N) is 3. The summed E-state index contributed by atoms with van der Waals surface area (Å²) in [6.45, 7) is 0. The maximum absolute atomic E-state index is 3.41. The average molecular weight is 102 g/mol. The first-order valence-electron chi connectivity index (χ1n) is 1.36. The normalized spacial score (nSPS) is 8.83. The first kappa shape index (κ1) is 5.70. The summed E-state index contributed by atoms with van der Waals surface area (Å²) < 4.78 is 0.